The van der Waals surface area contributed by atoms with Gasteiger partial charge in [-0.3, -0.25) is 4.79 Å². The Balaban J connectivity index is 3.54. The van der Waals surface area contributed by atoms with Crippen molar-refractivity contribution in [3.63, 3.8) is 0 Å². The number of hydrogen-bond acceptors (Lipinski definition) is 3. The summed E-state index contributed by atoms with van der Waals surface area (Å²) in [6.07, 6.45) is 67.3. The average molecular weight is 814 g/mol. The number of aliphatic hydroxyl groups excluding tert-OH is 2. The molecule has 342 valence electrons. The summed E-state index contributed by atoms with van der Waals surface area (Å²) in [6, 6.07) is -0.643. The van der Waals surface area contributed by atoms with E-state index in [2.05, 4.69) is 43.5 Å². The molecule has 0 rings (SSSR count). The minimum absolute atomic E-state index is 0.0745. The van der Waals surface area contributed by atoms with E-state index in [1.54, 1.807) is 6.08 Å². The molecular weight excluding hydrogens is 711 g/mol. The van der Waals surface area contributed by atoms with Crippen LogP contribution in [0.25, 0.3) is 0 Å². The average Bonchev–Trinajstić information content (AvgIpc) is 3.23. The van der Waals surface area contributed by atoms with Crippen molar-refractivity contribution in [2.75, 3.05) is 6.61 Å². The molecule has 0 bridgehead atoms. The van der Waals surface area contributed by atoms with Crippen molar-refractivity contribution in [2.45, 2.75) is 296 Å². The number of rotatable bonds is 48. The number of hydrogen-bond donors (Lipinski definition) is 3. The molecule has 4 nitrogen and oxygen atoms in total. The van der Waals surface area contributed by atoms with Crippen LogP contribution in [0.15, 0.2) is 36.5 Å². The summed E-state index contributed by atoms with van der Waals surface area (Å²) >= 11 is 0. The molecular formula is C54H103NO3. The molecule has 3 N–H and O–H groups in total. The lowest BCUT2D eigenvalue weighted by Gasteiger charge is -2.19. The molecule has 0 spiro atoms. The smallest absolute Gasteiger partial charge is 0.220 e. The molecule has 0 heterocycles. The van der Waals surface area contributed by atoms with Crippen molar-refractivity contribution >= 4 is 5.91 Å². The zero-order valence-electron chi connectivity index (χ0n) is 39.3. The van der Waals surface area contributed by atoms with Gasteiger partial charge in [-0.25, -0.2) is 0 Å². The first-order valence-electron chi connectivity index (χ1n) is 26.2. The molecule has 2 atom stereocenters. The lowest BCUT2D eigenvalue weighted by atomic mass is 10.0. The van der Waals surface area contributed by atoms with Crippen LogP contribution in [-0.4, -0.2) is 34.9 Å². The number of aliphatic hydroxyl groups is 2. The summed E-state index contributed by atoms with van der Waals surface area (Å²) < 4.78 is 0. The fourth-order valence-electron chi connectivity index (χ4n) is 8.10. The van der Waals surface area contributed by atoms with Gasteiger partial charge in [0, 0.05) is 6.42 Å². The van der Waals surface area contributed by atoms with E-state index in [1.165, 1.54) is 225 Å². The summed E-state index contributed by atoms with van der Waals surface area (Å²) in [6.45, 7) is 4.32. The van der Waals surface area contributed by atoms with Crippen molar-refractivity contribution in [2.24, 2.45) is 0 Å². The first-order chi connectivity index (χ1) is 28.7. The third kappa shape index (κ3) is 45.7. The SMILES string of the molecule is CCCCCCCCCCCCCCCCCCCCCC/C=C/CC/C=C/CC/C=C/C(O)C(CO)NC(=O)CCCCCCCCCCCCCCCCCC. The zero-order valence-corrected chi connectivity index (χ0v) is 39.3. The van der Waals surface area contributed by atoms with E-state index in [-0.39, 0.29) is 12.5 Å². The van der Waals surface area contributed by atoms with Crippen LogP contribution >= 0.6 is 0 Å². The van der Waals surface area contributed by atoms with E-state index in [1.807, 2.05) is 6.08 Å². The Morgan fingerprint density at radius 1 is 0.397 bits per heavy atom. The van der Waals surface area contributed by atoms with E-state index in [0.29, 0.717) is 6.42 Å². The van der Waals surface area contributed by atoms with Crippen LogP contribution in [0.3, 0.4) is 0 Å². The molecule has 2 unspecified atom stereocenters. The Morgan fingerprint density at radius 2 is 0.672 bits per heavy atom. The molecule has 0 aliphatic rings. The quantitative estimate of drug-likeness (QED) is 0.0423. The highest BCUT2D eigenvalue weighted by atomic mass is 16.3. The molecule has 1 amide bonds. The first kappa shape index (κ1) is 56.6. The number of carbonyl (C=O) groups is 1. The lowest BCUT2D eigenvalue weighted by molar-refractivity contribution is -0.123. The molecule has 0 fully saturated rings. The fraction of sp³-hybridized carbons (Fsp3) is 0.870. The van der Waals surface area contributed by atoms with E-state index in [0.717, 1.165) is 38.5 Å². The molecule has 4 heteroatoms. The Morgan fingerprint density at radius 3 is 1.00 bits per heavy atom. The van der Waals surface area contributed by atoms with Gasteiger partial charge < -0.3 is 15.5 Å². The summed E-state index contributed by atoms with van der Waals surface area (Å²) in [5.74, 6) is -0.0745. The van der Waals surface area contributed by atoms with E-state index < -0.39 is 12.1 Å². The van der Waals surface area contributed by atoms with Gasteiger partial charge in [-0.1, -0.05) is 269 Å². The van der Waals surface area contributed by atoms with Gasteiger partial charge >= 0.3 is 0 Å². The third-order valence-electron chi connectivity index (χ3n) is 12.1. The van der Waals surface area contributed by atoms with Crippen LogP contribution in [0.4, 0.5) is 0 Å². The highest BCUT2D eigenvalue weighted by Crippen LogP contribution is 2.17. The maximum atomic E-state index is 12.4. The van der Waals surface area contributed by atoms with Crippen LogP contribution in [0.2, 0.25) is 0 Å². The second kappa shape index (κ2) is 50.0. The van der Waals surface area contributed by atoms with Gasteiger partial charge in [0.25, 0.3) is 0 Å². The first-order valence-corrected chi connectivity index (χ1v) is 26.2. The second-order valence-corrected chi connectivity index (χ2v) is 17.9. The van der Waals surface area contributed by atoms with Gasteiger partial charge in [0.05, 0.1) is 18.8 Å². The number of allylic oxidation sites excluding steroid dienone is 5. The summed E-state index contributed by atoms with van der Waals surface area (Å²) in [5, 5.41) is 23.1. The van der Waals surface area contributed by atoms with Gasteiger partial charge in [-0.2, -0.15) is 0 Å². The molecule has 0 aromatic rings. The summed E-state index contributed by atoms with van der Waals surface area (Å²) in [5.41, 5.74) is 0. The minimum Gasteiger partial charge on any atom is -0.394 e. The topological polar surface area (TPSA) is 69.6 Å². The van der Waals surface area contributed by atoms with Crippen LogP contribution < -0.4 is 5.32 Å². The van der Waals surface area contributed by atoms with Crippen molar-refractivity contribution in [1.29, 1.82) is 0 Å². The van der Waals surface area contributed by atoms with Gasteiger partial charge in [0.1, 0.15) is 0 Å². The molecule has 0 aromatic heterocycles. The van der Waals surface area contributed by atoms with Crippen LogP contribution in [0, 0.1) is 0 Å². The van der Waals surface area contributed by atoms with Crippen LogP contribution in [-0.2, 0) is 4.79 Å². The number of nitrogens with one attached hydrogen (secondary N) is 1. The fourth-order valence-corrected chi connectivity index (χ4v) is 8.10. The Kier molecular flexibility index (Phi) is 48.8. The molecule has 0 saturated heterocycles. The minimum atomic E-state index is -0.868. The summed E-state index contributed by atoms with van der Waals surface area (Å²) in [4.78, 5) is 12.4. The maximum Gasteiger partial charge on any atom is 0.220 e. The molecule has 0 radical (unpaired) electrons. The Bertz CT molecular complexity index is 882. The van der Waals surface area contributed by atoms with E-state index in [9.17, 15) is 15.0 Å². The van der Waals surface area contributed by atoms with Crippen LogP contribution in [0.1, 0.15) is 284 Å². The van der Waals surface area contributed by atoms with Crippen molar-refractivity contribution in [3.05, 3.63) is 36.5 Å². The monoisotopic (exact) mass is 814 g/mol. The van der Waals surface area contributed by atoms with E-state index in [4.69, 9.17) is 0 Å². The molecule has 0 aromatic carbocycles. The van der Waals surface area contributed by atoms with Gasteiger partial charge in [-0.15, -0.1) is 0 Å². The standard InChI is InChI=1S/C54H103NO3/c1-3-5-7-9-11-13-15-17-19-21-22-23-24-25-26-27-28-29-30-31-32-33-34-35-37-39-41-43-45-47-49-53(57)52(51-56)55-54(58)50-48-46-44-42-40-38-36-20-18-16-14-12-10-8-6-4-2/h33-34,39,41,47,49,52-53,56-57H,3-32,35-38,40,42-46,48,50-51H2,1-2H3,(H,55,58)/b34-33+,41-39+,49-47+. The zero-order chi connectivity index (χ0) is 42.1. The number of unbranched alkanes of at least 4 members (excludes halogenated alkanes) is 37. The lowest BCUT2D eigenvalue weighted by Crippen LogP contribution is -2.45. The van der Waals surface area contributed by atoms with Gasteiger partial charge in [-0.05, 0) is 44.9 Å². The highest BCUT2D eigenvalue weighted by molar-refractivity contribution is 5.76. The van der Waals surface area contributed by atoms with Crippen molar-refractivity contribution in [3.8, 4) is 0 Å². The maximum absolute atomic E-state index is 12.4. The predicted molar refractivity (Wildman–Crippen MR) is 258 cm³/mol. The van der Waals surface area contributed by atoms with Crippen molar-refractivity contribution < 1.29 is 15.0 Å². The second-order valence-electron chi connectivity index (χ2n) is 17.9. The van der Waals surface area contributed by atoms with Crippen molar-refractivity contribution in [1.82, 2.24) is 5.32 Å². The molecule has 0 aliphatic heterocycles. The highest BCUT2D eigenvalue weighted by Gasteiger charge is 2.17. The predicted octanol–water partition coefficient (Wildman–Crippen LogP) is 16.9. The number of carbonyl (C=O) groups excluding carboxylic acids is 1. The third-order valence-corrected chi connectivity index (χ3v) is 12.1. The van der Waals surface area contributed by atoms with Gasteiger partial charge in [0.15, 0.2) is 0 Å². The van der Waals surface area contributed by atoms with Crippen LogP contribution in [0.5, 0.6) is 0 Å². The molecule has 0 aliphatic carbocycles. The molecule has 0 saturated carbocycles. The van der Waals surface area contributed by atoms with Gasteiger partial charge in [0.2, 0.25) is 5.91 Å². The van der Waals surface area contributed by atoms with E-state index >= 15 is 0 Å². The summed E-state index contributed by atoms with van der Waals surface area (Å²) in [7, 11) is 0. The largest absolute Gasteiger partial charge is 0.394 e. The number of amides is 1. The Labute approximate surface area is 363 Å². The molecule has 58 heavy (non-hydrogen) atoms. The normalized spacial score (nSPS) is 13.1. The Hall–Kier alpha value is -1.39.